The van der Waals surface area contributed by atoms with Crippen molar-refractivity contribution in [3.8, 4) is 0 Å². The van der Waals surface area contributed by atoms with E-state index in [1.807, 2.05) is 0 Å². The molecule has 3 saturated heterocycles. The Hall–Kier alpha value is -2.02. The fourth-order valence-corrected chi connectivity index (χ4v) is 4.38. The topological polar surface area (TPSA) is 97.4 Å². The number of carbonyl (C=O) groups is 1. The summed E-state index contributed by atoms with van der Waals surface area (Å²) in [6, 6.07) is 4.22. The zero-order valence-corrected chi connectivity index (χ0v) is 17.2. The molecule has 3 heterocycles. The van der Waals surface area contributed by atoms with Crippen molar-refractivity contribution in [2.75, 3.05) is 55.4 Å². The molecule has 4 rings (SSSR count). The van der Waals surface area contributed by atoms with Crippen LogP contribution in [-0.4, -0.2) is 78.2 Å². The number of cyclic esters (lactones) is 1. The molecule has 1 amide bonds. The van der Waals surface area contributed by atoms with Crippen LogP contribution in [0, 0.1) is 5.82 Å². The number of sulfonamides is 1. The normalized spacial score (nSPS) is 26.4. The zero-order valence-electron chi connectivity index (χ0n) is 16.3. The first kappa shape index (κ1) is 21.2. The monoisotopic (exact) mass is 447 g/mol. The minimum Gasteiger partial charge on any atom is -0.443 e. The summed E-state index contributed by atoms with van der Waals surface area (Å²) in [4.78, 5) is 14.9. The molecule has 3 fully saturated rings. The molecule has 1 aromatic rings. The molecule has 12 heteroatoms. The molecule has 1 aromatic carbocycles. The highest BCUT2D eigenvalue weighted by Gasteiger charge is 2.49. The molecule has 0 aromatic heterocycles. The molecule has 9 nitrogen and oxygen atoms in total. The van der Waals surface area contributed by atoms with Crippen LogP contribution in [0.15, 0.2) is 18.2 Å². The number of carbonyl (C=O) groups excluding carboxylic acids is 1. The third-order valence-electron chi connectivity index (χ3n) is 5.40. The molecular weight excluding hydrogens is 424 g/mol. The molecule has 0 radical (unpaired) electrons. The highest BCUT2D eigenvalue weighted by Crippen LogP contribution is 2.37. The van der Waals surface area contributed by atoms with Crippen LogP contribution in [0.3, 0.4) is 0 Å². The Kier molecular flexibility index (Phi) is 5.60. The Morgan fingerprint density at radius 3 is 2.63 bits per heavy atom. The lowest BCUT2D eigenvalue weighted by Gasteiger charge is -2.41. The van der Waals surface area contributed by atoms with Gasteiger partial charge < -0.3 is 19.1 Å². The summed E-state index contributed by atoms with van der Waals surface area (Å²) in [6.45, 7) is 0.988. The van der Waals surface area contributed by atoms with Gasteiger partial charge in [-0.3, -0.25) is 4.90 Å². The van der Waals surface area contributed by atoms with E-state index < -0.39 is 40.0 Å². The van der Waals surface area contributed by atoms with Crippen LogP contribution in [0.1, 0.15) is 6.42 Å². The van der Waals surface area contributed by atoms with Gasteiger partial charge in [0.1, 0.15) is 11.9 Å². The van der Waals surface area contributed by atoms with Gasteiger partial charge in [-0.1, -0.05) is 0 Å². The molecule has 0 bridgehead atoms. The minimum atomic E-state index is -3.42. The summed E-state index contributed by atoms with van der Waals surface area (Å²) in [5, 5.41) is 0. The average Bonchev–Trinajstić information content (AvgIpc) is 3.29. The van der Waals surface area contributed by atoms with Crippen LogP contribution >= 0.6 is 0 Å². The van der Waals surface area contributed by atoms with Crippen LogP contribution in [0.5, 0.6) is 0 Å². The number of amides is 1. The fraction of sp³-hybridized carbons (Fsp3) is 0.611. The van der Waals surface area contributed by atoms with Crippen molar-refractivity contribution in [3.63, 3.8) is 0 Å². The number of nitrogens with one attached hydrogen (secondary N) is 1. The van der Waals surface area contributed by atoms with Gasteiger partial charge in [-0.15, -0.1) is 0 Å². The van der Waals surface area contributed by atoms with E-state index in [1.165, 1.54) is 17.0 Å². The van der Waals surface area contributed by atoms with Crippen LogP contribution in [0.25, 0.3) is 0 Å². The van der Waals surface area contributed by atoms with Crippen LogP contribution in [0.4, 0.5) is 25.0 Å². The number of rotatable bonds is 5. The van der Waals surface area contributed by atoms with Crippen LogP contribution < -0.4 is 14.5 Å². The van der Waals surface area contributed by atoms with Gasteiger partial charge in [0.2, 0.25) is 15.8 Å². The molecular formula is C18H23F2N3O6S. The SMILES string of the molecule is CS(=O)(=O)NCC1CN(c2ccc(N3CCC4(OCCO4)C(F)C3)c(F)c2)C(=O)O1. The van der Waals surface area contributed by atoms with E-state index in [4.69, 9.17) is 14.2 Å². The Bertz CT molecular complexity index is 924. The second-order valence-electron chi connectivity index (χ2n) is 7.55. The van der Waals surface area contributed by atoms with Gasteiger partial charge in [0.05, 0.1) is 43.9 Å². The smallest absolute Gasteiger partial charge is 0.414 e. The number of hydrogen-bond donors (Lipinski definition) is 1. The van der Waals surface area contributed by atoms with Crippen molar-refractivity contribution < 1.29 is 36.2 Å². The highest BCUT2D eigenvalue weighted by molar-refractivity contribution is 7.88. The van der Waals surface area contributed by atoms with Crippen molar-refractivity contribution in [1.82, 2.24) is 4.72 Å². The Balaban J connectivity index is 1.43. The quantitative estimate of drug-likeness (QED) is 0.719. The van der Waals surface area contributed by atoms with Crippen molar-refractivity contribution >= 4 is 27.5 Å². The van der Waals surface area contributed by atoms with Gasteiger partial charge in [-0.25, -0.2) is 26.7 Å². The lowest BCUT2D eigenvalue weighted by molar-refractivity contribution is -0.207. The molecule has 3 aliphatic heterocycles. The first-order valence-electron chi connectivity index (χ1n) is 9.56. The van der Waals surface area contributed by atoms with E-state index in [9.17, 15) is 22.0 Å². The molecule has 1 spiro atoms. The number of nitrogens with zero attached hydrogens (tertiary/aromatic N) is 2. The summed E-state index contributed by atoms with van der Waals surface area (Å²) < 4.78 is 70.1. The van der Waals surface area contributed by atoms with E-state index in [0.29, 0.717) is 19.8 Å². The van der Waals surface area contributed by atoms with E-state index in [2.05, 4.69) is 4.72 Å². The summed E-state index contributed by atoms with van der Waals surface area (Å²) in [6.07, 6.45) is -1.51. The Morgan fingerprint density at radius 1 is 1.27 bits per heavy atom. The molecule has 2 unspecified atom stereocenters. The third kappa shape index (κ3) is 4.22. The van der Waals surface area contributed by atoms with Crippen molar-refractivity contribution in [1.29, 1.82) is 0 Å². The zero-order chi connectivity index (χ0) is 21.5. The molecule has 0 saturated carbocycles. The van der Waals surface area contributed by atoms with Gasteiger partial charge in [-0.2, -0.15) is 0 Å². The van der Waals surface area contributed by atoms with Crippen LogP contribution in [0.2, 0.25) is 0 Å². The number of alkyl halides is 1. The van der Waals surface area contributed by atoms with E-state index >= 15 is 0 Å². The first-order chi connectivity index (χ1) is 14.2. The summed E-state index contributed by atoms with van der Waals surface area (Å²) in [5.74, 6) is -1.84. The predicted molar refractivity (Wildman–Crippen MR) is 103 cm³/mol. The number of ether oxygens (including phenoxy) is 3. The minimum absolute atomic E-state index is 0.0682. The lowest BCUT2D eigenvalue weighted by atomic mass is 10.0. The largest absolute Gasteiger partial charge is 0.443 e. The number of piperidine rings is 1. The maximum atomic E-state index is 14.8. The first-order valence-corrected chi connectivity index (χ1v) is 11.5. The Morgan fingerprint density at radius 2 is 2.00 bits per heavy atom. The highest BCUT2D eigenvalue weighted by atomic mass is 32.2. The summed E-state index contributed by atoms with van der Waals surface area (Å²) in [5.41, 5.74) is 0.493. The van der Waals surface area contributed by atoms with Gasteiger partial charge >= 0.3 is 6.09 Å². The number of halogens is 2. The van der Waals surface area contributed by atoms with Gasteiger partial charge in [0.15, 0.2) is 6.17 Å². The van der Waals surface area contributed by atoms with E-state index in [0.717, 1.165) is 6.26 Å². The third-order valence-corrected chi connectivity index (χ3v) is 6.09. The van der Waals surface area contributed by atoms with Crippen molar-refractivity contribution in [2.45, 2.75) is 24.5 Å². The predicted octanol–water partition coefficient (Wildman–Crippen LogP) is 0.991. The Labute approximate surface area is 172 Å². The number of benzene rings is 1. The van der Waals surface area contributed by atoms with Gasteiger partial charge in [0, 0.05) is 19.5 Å². The van der Waals surface area contributed by atoms with Crippen molar-refractivity contribution in [3.05, 3.63) is 24.0 Å². The molecule has 3 aliphatic rings. The second kappa shape index (κ2) is 7.91. The maximum Gasteiger partial charge on any atom is 0.414 e. The molecule has 1 N–H and O–H groups in total. The molecule has 2 atom stereocenters. The fourth-order valence-electron chi connectivity index (χ4n) is 3.89. The van der Waals surface area contributed by atoms with Crippen molar-refractivity contribution in [2.24, 2.45) is 0 Å². The van der Waals surface area contributed by atoms with Gasteiger partial charge in [0.25, 0.3) is 0 Å². The molecule has 30 heavy (non-hydrogen) atoms. The lowest BCUT2D eigenvalue weighted by Crippen LogP contribution is -2.54. The standard InChI is InChI=1S/C18H23F2N3O6S/c1-30(25,26)21-9-13-10-23(17(24)29-13)12-2-3-15(14(19)8-12)22-5-4-18(16(20)11-22)27-6-7-28-18/h2-3,8,13,16,21H,4-7,9-11H2,1H3. The van der Waals surface area contributed by atoms with E-state index in [-0.39, 0.29) is 37.4 Å². The number of anilines is 2. The summed E-state index contributed by atoms with van der Waals surface area (Å²) in [7, 11) is -3.42. The van der Waals surface area contributed by atoms with E-state index in [1.54, 1.807) is 11.0 Å². The second-order valence-corrected chi connectivity index (χ2v) is 9.38. The molecule has 166 valence electrons. The number of hydrogen-bond acceptors (Lipinski definition) is 7. The molecule has 0 aliphatic carbocycles. The summed E-state index contributed by atoms with van der Waals surface area (Å²) >= 11 is 0. The average molecular weight is 447 g/mol. The van der Waals surface area contributed by atoms with Gasteiger partial charge in [-0.05, 0) is 18.2 Å². The maximum absolute atomic E-state index is 14.8. The van der Waals surface area contributed by atoms with Crippen LogP contribution in [-0.2, 0) is 24.2 Å².